The molecule has 0 aliphatic carbocycles. The molecule has 25 aromatic rings. The summed E-state index contributed by atoms with van der Waals surface area (Å²) in [7, 11) is 0. The van der Waals surface area contributed by atoms with Crippen LogP contribution in [-0.4, -0.2) is 0 Å². The molecule has 0 radical (unpaired) electrons. The minimum Gasteiger partial charge on any atom is -0.456 e. The van der Waals surface area contributed by atoms with Crippen LogP contribution in [0.15, 0.2) is 465 Å². The van der Waals surface area contributed by atoms with Crippen molar-refractivity contribution in [2.75, 3.05) is 0 Å². The first-order valence-corrected chi connectivity index (χ1v) is 41.8. The maximum absolute atomic E-state index is 6.27. The molecule has 0 bridgehead atoms. The number of furan rings is 1. The number of benzene rings is 24. The van der Waals surface area contributed by atoms with Crippen molar-refractivity contribution < 1.29 is 4.42 Å². The SMILES string of the molecule is c1ccc(-c2c3ccccc3c(-c3ccc4c(c3)c3cccc5oc6cccc4c6c53)c3ccccc23)cc1.c1ccc(-c2c3ccccc3c(-c3cccc4ccc(-c5ccc6ccccc6c5)cc34)c3ccccc23)cc1.c1ccc(-c2cccc(-c3ccc4cccc(-c5c6ccccc6c(-c6ccccc6)c6ccccc56)c4c3)c2)cc1. The van der Waals surface area contributed by atoms with Crippen molar-refractivity contribution in [2.24, 2.45) is 0 Å². The quantitative estimate of drug-likeness (QED) is 0.104. The van der Waals surface area contributed by atoms with Crippen LogP contribution in [0.1, 0.15) is 0 Å². The Labute approximate surface area is 701 Å². The molecular formula is C120H76O. The lowest BCUT2D eigenvalue weighted by molar-refractivity contribution is 0.669. The molecule has 0 aliphatic rings. The van der Waals surface area contributed by atoms with E-state index >= 15 is 0 Å². The van der Waals surface area contributed by atoms with Gasteiger partial charge in [-0.15, -0.1) is 0 Å². The monoisotopic (exact) mass is 1530 g/mol. The fraction of sp³-hybridized carbons (Fsp3) is 0. The summed E-state index contributed by atoms with van der Waals surface area (Å²) in [6.45, 7) is 0. The molecule has 1 aromatic heterocycles. The molecule has 0 aliphatic heterocycles. The summed E-state index contributed by atoms with van der Waals surface area (Å²) < 4.78 is 6.27. The van der Waals surface area contributed by atoms with E-state index in [4.69, 9.17) is 4.42 Å². The van der Waals surface area contributed by atoms with Crippen molar-refractivity contribution in [1.82, 2.24) is 0 Å². The third kappa shape index (κ3) is 12.2. The van der Waals surface area contributed by atoms with E-state index < -0.39 is 0 Å². The second-order valence-corrected chi connectivity index (χ2v) is 31.8. The van der Waals surface area contributed by atoms with Gasteiger partial charge in [0.15, 0.2) is 0 Å². The van der Waals surface area contributed by atoms with Crippen molar-refractivity contribution in [2.45, 2.75) is 0 Å². The number of rotatable bonds is 9. The van der Waals surface area contributed by atoms with Gasteiger partial charge in [-0.1, -0.05) is 419 Å². The summed E-state index contributed by atoms with van der Waals surface area (Å²) in [5.74, 6) is 0. The average Bonchev–Trinajstić information content (AvgIpc) is 1.66. The van der Waals surface area contributed by atoms with Gasteiger partial charge < -0.3 is 4.42 Å². The summed E-state index contributed by atoms with van der Waals surface area (Å²) in [6.07, 6.45) is 0. The van der Waals surface area contributed by atoms with Gasteiger partial charge in [-0.3, -0.25) is 0 Å². The van der Waals surface area contributed by atoms with Crippen LogP contribution in [0.25, 0.3) is 241 Å². The van der Waals surface area contributed by atoms with E-state index in [1.54, 1.807) is 0 Å². The van der Waals surface area contributed by atoms with Crippen LogP contribution in [0.4, 0.5) is 0 Å². The van der Waals surface area contributed by atoms with E-state index in [2.05, 4.69) is 461 Å². The first-order valence-electron chi connectivity index (χ1n) is 41.8. The zero-order valence-electron chi connectivity index (χ0n) is 66.3. The number of hydrogen-bond acceptors (Lipinski definition) is 1. The van der Waals surface area contributed by atoms with E-state index in [-0.39, 0.29) is 0 Å². The lowest BCUT2D eigenvalue weighted by Gasteiger charge is -2.19. The summed E-state index contributed by atoms with van der Waals surface area (Å²) in [4.78, 5) is 0. The van der Waals surface area contributed by atoms with E-state index in [0.717, 1.165) is 11.2 Å². The number of fused-ring (bicyclic) bond motifs is 12. The van der Waals surface area contributed by atoms with Gasteiger partial charge in [0.05, 0.1) is 0 Å². The van der Waals surface area contributed by atoms with Gasteiger partial charge in [0.25, 0.3) is 0 Å². The standard InChI is InChI=1S/C42H28.C40H26.C38H22O/c1-3-13-29(14-4-1)32-18-11-19-33(27-32)34-26-25-30-17-12-24-39(40(30)28-34)42-37-22-9-7-20-35(37)41(31-15-5-2-6-16-31)36-21-8-10-23-38(36)42;1-2-12-29(13-3-1)39-33-16-6-8-18-35(33)40(36-19-9-7-17-34(36)39)37-20-10-15-28-22-24-32(26-38(28)37)31-23-21-27-11-4-5-14-30(27)25-31;1-2-10-23(11-3-1)35-27-12-4-6-14-29(27)36(30-15-7-5-13-28(30)35)24-20-21-25-26-16-8-18-33-37(26)38-31(32(25)22-24)17-9-19-34(38)39-33/h1-28H;1-26H;1-22H. The molecule has 25 rings (SSSR count). The van der Waals surface area contributed by atoms with Crippen LogP contribution in [0, 0.1) is 0 Å². The zero-order valence-corrected chi connectivity index (χ0v) is 66.3. The molecule has 0 atom stereocenters. The second-order valence-electron chi connectivity index (χ2n) is 31.8. The Kier molecular flexibility index (Phi) is 17.3. The normalized spacial score (nSPS) is 11.6. The van der Waals surface area contributed by atoms with Gasteiger partial charge in [-0.25, -0.2) is 0 Å². The third-order valence-electron chi connectivity index (χ3n) is 25.1. The van der Waals surface area contributed by atoms with Gasteiger partial charge in [0.1, 0.15) is 11.2 Å². The third-order valence-corrected chi connectivity index (χ3v) is 25.1. The predicted octanol–water partition coefficient (Wildman–Crippen LogP) is 34.1. The van der Waals surface area contributed by atoms with Crippen molar-refractivity contribution in [1.29, 1.82) is 0 Å². The summed E-state index contributed by atoms with van der Waals surface area (Å²) in [5, 5.41) is 30.4. The Morgan fingerprint density at radius 3 is 0.793 bits per heavy atom. The van der Waals surface area contributed by atoms with Crippen LogP contribution in [-0.2, 0) is 0 Å². The summed E-state index contributed by atoms with van der Waals surface area (Å²) >= 11 is 0. The molecule has 0 saturated heterocycles. The van der Waals surface area contributed by atoms with Crippen LogP contribution in [0.2, 0.25) is 0 Å². The van der Waals surface area contributed by atoms with Gasteiger partial charge in [0, 0.05) is 10.8 Å². The molecule has 1 heteroatoms. The fourth-order valence-electron chi connectivity index (χ4n) is 19.7. The van der Waals surface area contributed by atoms with E-state index in [9.17, 15) is 0 Å². The fourth-order valence-corrected chi connectivity index (χ4v) is 19.7. The molecule has 0 fully saturated rings. The summed E-state index contributed by atoms with van der Waals surface area (Å²) in [5.41, 5.74) is 24.6. The Bertz CT molecular complexity index is 8200. The minimum atomic E-state index is 0.953. The number of hydrogen-bond donors (Lipinski definition) is 0. The van der Waals surface area contributed by atoms with Crippen LogP contribution in [0.5, 0.6) is 0 Å². The molecule has 1 heterocycles. The Morgan fingerprint density at radius 2 is 0.380 bits per heavy atom. The Hall–Kier alpha value is -15.8. The van der Waals surface area contributed by atoms with Gasteiger partial charge in [-0.2, -0.15) is 0 Å². The van der Waals surface area contributed by atoms with E-state index in [1.165, 1.54) is 229 Å². The molecule has 24 aromatic carbocycles. The van der Waals surface area contributed by atoms with Crippen molar-refractivity contribution in [3.8, 4) is 100 Å². The maximum Gasteiger partial charge on any atom is 0.136 e. The van der Waals surface area contributed by atoms with Crippen molar-refractivity contribution >= 4 is 140 Å². The van der Waals surface area contributed by atoms with Crippen molar-refractivity contribution in [3.05, 3.63) is 461 Å². The van der Waals surface area contributed by atoms with Crippen LogP contribution < -0.4 is 0 Å². The van der Waals surface area contributed by atoms with Gasteiger partial charge in [-0.05, 0) is 261 Å². The average molecular weight is 1530 g/mol. The highest BCUT2D eigenvalue weighted by Crippen LogP contribution is 2.51. The largest absolute Gasteiger partial charge is 0.456 e. The topological polar surface area (TPSA) is 13.1 Å². The van der Waals surface area contributed by atoms with Crippen LogP contribution >= 0.6 is 0 Å². The molecule has 0 amide bonds. The first-order chi connectivity index (χ1) is 60.1. The van der Waals surface area contributed by atoms with Crippen molar-refractivity contribution in [3.63, 3.8) is 0 Å². The lowest BCUT2D eigenvalue weighted by Crippen LogP contribution is -1.91. The van der Waals surface area contributed by atoms with Gasteiger partial charge >= 0.3 is 0 Å². The molecular weight excluding hydrogens is 1460 g/mol. The predicted molar refractivity (Wildman–Crippen MR) is 519 cm³/mol. The molecule has 1 nitrogen and oxygen atoms in total. The highest BCUT2D eigenvalue weighted by atomic mass is 16.3. The molecule has 0 unspecified atom stereocenters. The molecule has 0 saturated carbocycles. The highest BCUT2D eigenvalue weighted by molar-refractivity contribution is 6.34. The van der Waals surface area contributed by atoms with E-state index in [1.807, 2.05) is 0 Å². The Morgan fingerprint density at radius 1 is 0.116 bits per heavy atom. The van der Waals surface area contributed by atoms with E-state index in [0.29, 0.717) is 0 Å². The lowest BCUT2D eigenvalue weighted by atomic mass is 9.84. The summed E-state index contributed by atoms with van der Waals surface area (Å²) in [6, 6.07) is 168. The Balaban J connectivity index is 0.000000106. The van der Waals surface area contributed by atoms with Gasteiger partial charge in [0.2, 0.25) is 0 Å². The molecule has 0 N–H and O–H groups in total. The zero-order chi connectivity index (χ0) is 79.9. The molecule has 562 valence electrons. The highest BCUT2D eigenvalue weighted by Gasteiger charge is 2.24. The van der Waals surface area contributed by atoms with Crippen LogP contribution in [0.3, 0.4) is 0 Å². The first kappa shape index (κ1) is 70.6. The smallest absolute Gasteiger partial charge is 0.136 e. The maximum atomic E-state index is 6.27. The molecule has 0 spiro atoms. The minimum absolute atomic E-state index is 0.953. The second kappa shape index (κ2) is 29.7. The molecule has 121 heavy (non-hydrogen) atoms.